The second-order valence-corrected chi connectivity index (χ2v) is 17.8. The Morgan fingerprint density at radius 1 is 0.549 bits per heavy atom. The van der Waals surface area contributed by atoms with Crippen LogP contribution in [0.25, 0.3) is 65.4 Å². The molecule has 0 aliphatic rings. The lowest BCUT2D eigenvalue weighted by Gasteiger charge is -2.21. The largest absolute Gasteiger partial charge is 0.481 e. The highest BCUT2D eigenvalue weighted by atomic mass is 32.1. The highest BCUT2D eigenvalue weighted by Gasteiger charge is 2.20. The number of aryl methyl sites for hydroxylation is 1. The molecule has 8 aromatic heterocycles. The Morgan fingerprint density at radius 3 is 1.72 bits per heavy atom. The molecule has 2 atom stereocenters. The molecule has 0 saturated carbocycles. The molecule has 0 amide bonds. The number of hydrogen-bond donors (Lipinski definition) is 4. The number of ether oxygens (including phenoxy) is 1. The molecule has 346 valence electrons. The highest BCUT2D eigenvalue weighted by Crippen LogP contribution is 2.37. The molecule has 12 aromatic rings. The summed E-state index contributed by atoms with van der Waals surface area (Å²) < 4.78 is 8.42. The normalized spacial score (nSPS) is 12.1. The first-order chi connectivity index (χ1) is 34.8. The lowest BCUT2D eigenvalue weighted by molar-refractivity contribution is 0.397. The molecule has 2 unspecified atom stereocenters. The Bertz CT molecular complexity index is 3810. The van der Waals surface area contributed by atoms with Crippen LogP contribution in [-0.2, 0) is 7.05 Å². The van der Waals surface area contributed by atoms with Gasteiger partial charge in [0, 0.05) is 109 Å². The Balaban J connectivity index is 0.000000154. The number of thiazole rings is 1. The van der Waals surface area contributed by atoms with Crippen molar-refractivity contribution < 1.29 is 4.74 Å². The molecule has 71 heavy (non-hydrogen) atoms. The van der Waals surface area contributed by atoms with Gasteiger partial charge in [-0.3, -0.25) is 29.9 Å². The summed E-state index contributed by atoms with van der Waals surface area (Å²) in [4.78, 5) is 40.3. The summed E-state index contributed by atoms with van der Waals surface area (Å²) >= 11 is 1.47. The molecular formula is C55H44N14OS. The van der Waals surface area contributed by atoms with E-state index in [1.807, 2.05) is 91.4 Å². The van der Waals surface area contributed by atoms with Crippen molar-refractivity contribution in [2.24, 2.45) is 7.05 Å². The molecule has 15 nitrogen and oxygen atoms in total. The summed E-state index contributed by atoms with van der Waals surface area (Å²) in [7, 11) is 3.66. The van der Waals surface area contributed by atoms with Crippen molar-refractivity contribution in [2.45, 2.75) is 12.1 Å². The minimum Gasteiger partial charge on any atom is -0.481 e. The quantitative estimate of drug-likeness (QED) is 0.0952. The lowest BCUT2D eigenvalue weighted by Crippen LogP contribution is -2.13. The fourth-order valence-electron chi connectivity index (χ4n) is 8.71. The van der Waals surface area contributed by atoms with Crippen molar-refractivity contribution in [2.75, 3.05) is 29.2 Å². The molecule has 0 fully saturated rings. The van der Waals surface area contributed by atoms with E-state index in [4.69, 9.17) is 16.2 Å². The molecule has 12 rings (SSSR count). The van der Waals surface area contributed by atoms with Crippen LogP contribution >= 0.6 is 11.3 Å². The number of pyridine rings is 4. The molecule has 0 saturated heterocycles. The van der Waals surface area contributed by atoms with Crippen LogP contribution in [0.15, 0.2) is 183 Å². The maximum atomic E-state index is 5.93. The van der Waals surface area contributed by atoms with E-state index >= 15 is 0 Å². The number of nitrogens with one attached hydrogen (secondary N) is 2. The predicted octanol–water partition coefficient (Wildman–Crippen LogP) is 10.9. The number of anilines is 4. The highest BCUT2D eigenvalue weighted by molar-refractivity contribution is 7.22. The van der Waals surface area contributed by atoms with Crippen LogP contribution in [0, 0.1) is 0 Å². The number of fused-ring (bicyclic) bond motifs is 4. The molecular weight excluding hydrogens is 905 g/mol. The average Bonchev–Trinajstić information content (AvgIpc) is 3.99. The van der Waals surface area contributed by atoms with Gasteiger partial charge in [-0.2, -0.15) is 0 Å². The molecule has 8 heterocycles. The van der Waals surface area contributed by atoms with Crippen molar-refractivity contribution in [3.63, 3.8) is 0 Å². The Labute approximate surface area is 411 Å². The molecule has 16 heteroatoms. The van der Waals surface area contributed by atoms with Gasteiger partial charge in [0.15, 0.2) is 5.13 Å². The fourth-order valence-corrected chi connectivity index (χ4v) is 9.43. The molecule has 0 bridgehead atoms. The number of rotatable bonds is 11. The number of methoxy groups -OCH3 is 1. The first-order valence-electron chi connectivity index (χ1n) is 22.6. The maximum Gasteiger partial charge on any atom is 0.212 e. The van der Waals surface area contributed by atoms with Crippen LogP contribution in [0.2, 0.25) is 0 Å². The van der Waals surface area contributed by atoms with Gasteiger partial charge in [0.25, 0.3) is 0 Å². The van der Waals surface area contributed by atoms with E-state index in [9.17, 15) is 0 Å². The number of nitrogens with zero attached hydrogens (tertiary/aromatic N) is 10. The summed E-state index contributed by atoms with van der Waals surface area (Å²) in [5.74, 6) is 1.04. The number of benzene rings is 4. The summed E-state index contributed by atoms with van der Waals surface area (Å²) in [6.07, 6.45) is 19.8. The van der Waals surface area contributed by atoms with Crippen LogP contribution in [0.3, 0.4) is 0 Å². The third-order valence-electron chi connectivity index (χ3n) is 12.2. The smallest absolute Gasteiger partial charge is 0.212 e. The van der Waals surface area contributed by atoms with Gasteiger partial charge in [-0.25, -0.2) is 15.0 Å². The van der Waals surface area contributed by atoms with Crippen LogP contribution in [0.5, 0.6) is 5.88 Å². The number of aromatic nitrogens is 10. The van der Waals surface area contributed by atoms with Crippen molar-refractivity contribution in [3.05, 3.63) is 206 Å². The minimum atomic E-state index is -0.195. The Morgan fingerprint density at radius 2 is 1.14 bits per heavy atom. The maximum absolute atomic E-state index is 5.93. The fraction of sp³-hybridized carbons (Fsp3) is 0.0727. The van der Waals surface area contributed by atoms with E-state index in [2.05, 4.69) is 116 Å². The standard InChI is InChI=1S/C28H23N7.C27H21N7OS/c1-35-12-8-18-4-5-19(13-25(18)35)23-14-22(15-24-28(23)32-11-10-31-24)34-27(20-3-2-9-30-16-20)21-6-7-26(29)33-17-21;1-35-24-7-5-18(15-32-24)25(17-3-2-8-29-14-17)33-19-12-20(26-22(13-19)30-9-10-31-26)16-4-6-23-21(11-16)34-27(28)36-23/h2-17,27,34H,1H3,(H2,29,33);2-15,25,33H,1H3,(H2,28,34). The minimum absolute atomic E-state index is 0.172. The van der Waals surface area contributed by atoms with Crippen molar-refractivity contribution in [1.82, 2.24) is 49.4 Å². The number of hydrogen-bond acceptors (Lipinski definition) is 15. The lowest BCUT2D eigenvalue weighted by atomic mass is 9.99. The van der Waals surface area contributed by atoms with E-state index in [1.54, 1.807) is 50.5 Å². The zero-order valence-electron chi connectivity index (χ0n) is 38.4. The summed E-state index contributed by atoms with van der Waals surface area (Å²) in [5, 5.41) is 9.11. The topological polar surface area (TPSA) is 206 Å². The SMILES string of the molecule is COc1ccc(C(Nc2cc(-c3ccc4sc(N)nc4c3)c3nccnc3c2)c2cccnc2)cn1.Cn1ccc2ccc(-c3cc(NC(c4cccnc4)c4ccc(N)nc4)cc4nccnc34)cc21. The summed E-state index contributed by atoms with van der Waals surface area (Å²) in [5.41, 5.74) is 26.9. The van der Waals surface area contributed by atoms with E-state index < -0.39 is 0 Å². The van der Waals surface area contributed by atoms with Gasteiger partial charge in [0.1, 0.15) is 5.82 Å². The van der Waals surface area contributed by atoms with E-state index in [0.717, 1.165) is 88.2 Å². The second kappa shape index (κ2) is 19.3. The molecule has 0 aliphatic carbocycles. The van der Waals surface area contributed by atoms with E-state index in [1.165, 1.54) is 22.2 Å². The first-order valence-corrected chi connectivity index (χ1v) is 23.4. The first kappa shape index (κ1) is 44.1. The molecule has 0 aliphatic heterocycles. The average molecular weight is 949 g/mol. The van der Waals surface area contributed by atoms with Crippen LogP contribution in [0.1, 0.15) is 34.3 Å². The van der Waals surface area contributed by atoms with Crippen LogP contribution < -0.4 is 26.8 Å². The monoisotopic (exact) mass is 948 g/mol. The van der Waals surface area contributed by atoms with Gasteiger partial charge < -0.3 is 31.4 Å². The van der Waals surface area contributed by atoms with Gasteiger partial charge in [0.05, 0.1) is 51.5 Å². The van der Waals surface area contributed by atoms with Crippen molar-refractivity contribution in [1.29, 1.82) is 0 Å². The summed E-state index contributed by atoms with van der Waals surface area (Å²) in [6, 6.07) is 38.2. The Kier molecular flexibility index (Phi) is 12.0. The van der Waals surface area contributed by atoms with Crippen LogP contribution in [-0.4, -0.2) is 56.5 Å². The van der Waals surface area contributed by atoms with Gasteiger partial charge in [0.2, 0.25) is 5.88 Å². The van der Waals surface area contributed by atoms with Crippen molar-refractivity contribution >= 4 is 76.8 Å². The molecule has 6 N–H and O–H groups in total. The van der Waals surface area contributed by atoms with Crippen molar-refractivity contribution in [3.8, 4) is 28.1 Å². The van der Waals surface area contributed by atoms with E-state index in [0.29, 0.717) is 16.8 Å². The van der Waals surface area contributed by atoms with Gasteiger partial charge in [-0.05, 0) is 112 Å². The predicted molar refractivity (Wildman–Crippen MR) is 283 cm³/mol. The second-order valence-electron chi connectivity index (χ2n) is 16.7. The van der Waals surface area contributed by atoms with Gasteiger partial charge in [-0.1, -0.05) is 47.7 Å². The van der Waals surface area contributed by atoms with Gasteiger partial charge >= 0.3 is 0 Å². The van der Waals surface area contributed by atoms with E-state index in [-0.39, 0.29) is 12.1 Å². The number of nitrogen functional groups attached to an aromatic ring is 2. The third kappa shape index (κ3) is 9.29. The Hall–Kier alpha value is -9.41. The molecule has 0 spiro atoms. The van der Waals surface area contributed by atoms with Crippen LogP contribution in [0.4, 0.5) is 22.3 Å². The third-order valence-corrected chi connectivity index (χ3v) is 13.0. The van der Waals surface area contributed by atoms with Gasteiger partial charge in [-0.15, -0.1) is 0 Å². The molecule has 0 radical (unpaired) electrons. The number of nitrogens with two attached hydrogens (primary N) is 2. The summed E-state index contributed by atoms with van der Waals surface area (Å²) in [6.45, 7) is 0. The molecule has 4 aromatic carbocycles. The zero-order chi connectivity index (χ0) is 48.3. The zero-order valence-corrected chi connectivity index (χ0v) is 39.2.